The zero-order valence-electron chi connectivity index (χ0n) is 17.1. The van der Waals surface area contributed by atoms with Gasteiger partial charge in [-0.25, -0.2) is 0 Å². The fraction of sp³-hybridized carbons (Fsp3) is 0.318. The first kappa shape index (κ1) is 21.5. The zero-order chi connectivity index (χ0) is 21.8. The van der Waals surface area contributed by atoms with Gasteiger partial charge in [-0.15, -0.1) is 0 Å². The lowest BCUT2D eigenvalue weighted by Gasteiger charge is -2.34. The van der Waals surface area contributed by atoms with E-state index in [1.54, 1.807) is 13.0 Å². The number of hydrogen-bond donors (Lipinski definition) is 1. The third-order valence-electron chi connectivity index (χ3n) is 5.36. The van der Waals surface area contributed by atoms with Crippen molar-refractivity contribution in [2.45, 2.75) is 6.92 Å². The molecular formula is C22H23ClN4O3S. The first-order valence-corrected chi connectivity index (χ1v) is 11.4. The Morgan fingerprint density at radius 1 is 1.19 bits per heavy atom. The molecule has 1 aromatic carbocycles. The SMILES string of the molecule is Cc1onc(-c2ccccc2Cl)c1C(=O)NCCN1CCN(C(=O)c2ccsc2)CC1. The summed E-state index contributed by atoms with van der Waals surface area (Å²) in [5.74, 6) is 0.303. The predicted molar refractivity (Wildman–Crippen MR) is 121 cm³/mol. The number of halogens is 1. The highest BCUT2D eigenvalue weighted by molar-refractivity contribution is 7.08. The third kappa shape index (κ3) is 4.81. The van der Waals surface area contributed by atoms with Gasteiger partial charge in [-0.2, -0.15) is 11.3 Å². The van der Waals surface area contributed by atoms with E-state index in [0.29, 0.717) is 53.8 Å². The fourth-order valence-electron chi connectivity index (χ4n) is 3.64. The Kier molecular flexibility index (Phi) is 6.70. The van der Waals surface area contributed by atoms with Crippen molar-refractivity contribution in [3.8, 4) is 11.3 Å². The number of carbonyl (C=O) groups excluding carboxylic acids is 2. The predicted octanol–water partition coefficient (Wildman–Crippen LogP) is 3.55. The summed E-state index contributed by atoms with van der Waals surface area (Å²) in [6, 6.07) is 9.10. The van der Waals surface area contributed by atoms with Crippen LogP contribution in [-0.4, -0.2) is 66.0 Å². The molecule has 0 bridgehead atoms. The van der Waals surface area contributed by atoms with E-state index >= 15 is 0 Å². The maximum absolute atomic E-state index is 12.8. The van der Waals surface area contributed by atoms with Gasteiger partial charge in [0.2, 0.25) is 0 Å². The monoisotopic (exact) mass is 458 g/mol. The molecule has 0 radical (unpaired) electrons. The lowest BCUT2D eigenvalue weighted by molar-refractivity contribution is 0.0638. The smallest absolute Gasteiger partial charge is 0.257 e. The first-order valence-electron chi connectivity index (χ1n) is 10.1. The first-order chi connectivity index (χ1) is 15.0. The van der Waals surface area contributed by atoms with E-state index in [1.807, 2.05) is 39.9 Å². The largest absolute Gasteiger partial charge is 0.360 e. The van der Waals surface area contributed by atoms with E-state index < -0.39 is 0 Å². The van der Waals surface area contributed by atoms with Gasteiger partial charge in [0.25, 0.3) is 11.8 Å². The fourth-order valence-corrected chi connectivity index (χ4v) is 4.49. The van der Waals surface area contributed by atoms with Crippen molar-refractivity contribution < 1.29 is 14.1 Å². The van der Waals surface area contributed by atoms with Crippen LogP contribution >= 0.6 is 22.9 Å². The molecule has 0 atom stereocenters. The molecule has 0 saturated carbocycles. The molecule has 0 spiro atoms. The number of hydrogen-bond acceptors (Lipinski definition) is 6. The number of nitrogens with zero attached hydrogens (tertiary/aromatic N) is 3. The number of aryl methyl sites for hydroxylation is 1. The number of benzene rings is 1. The molecule has 2 aromatic heterocycles. The maximum atomic E-state index is 12.8. The van der Waals surface area contributed by atoms with Gasteiger partial charge < -0.3 is 14.7 Å². The molecule has 7 nitrogen and oxygen atoms in total. The molecule has 1 fully saturated rings. The van der Waals surface area contributed by atoms with Gasteiger partial charge >= 0.3 is 0 Å². The van der Waals surface area contributed by atoms with Crippen LogP contribution in [-0.2, 0) is 0 Å². The Morgan fingerprint density at radius 3 is 2.68 bits per heavy atom. The molecule has 9 heteroatoms. The van der Waals surface area contributed by atoms with Gasteiger partial charge in [0, 0.05) is 50.2 Å². The molecule has 0 unspecified atom stereocenters. The molecule has 1 saturated heterocycles. The summed E-state index contributed by atoms with van der Waals surface area (Å²) < 4.78 is 5.27. The number of nitrogens with one attached hydrogen (secondary N) is 1. The van der Waals surface area contributed by atoms with Crippen molar-refractivity contribution in [1.29, 1.82) is 0 Å². The van der Waals surface area contributed by atoms with Crippen molar-refractivity contribution in [3.63, 3.8) is 0 Å². The van der Waals surface area contributed by atoms with Crippen LogP contribution in [0.4, 0.5) is 0 Å². The second-order valence-electron chi connectivity index (χ2n) is 7.34. The maximum Gasteiger partial charge on any atom is 0.257 e. The van der Waals surface area contributed by atoms with Gasteiger partial charge in [-0.05, 0) is 24.4 Å². The van der Waals surface area contributed by atoms with Gasteiger partial charge in [-0.3, -0.25) is 14.5 Å². The normalized spacial score (nSPS) is 14.6. The average Bonchev–Trinajstić information content (AvgIpc) is 3.44. The summed E-state index contributed by atoms with van der Waals surface area (Å²) in [5, 5.41) is 11.3. The van der Waals surface area contributed by atoms with Crippen LogP contribution in [0.25, 0.3) is 11.3 Å². The standard InChI is InChI=1S/C22H23ClN4O3S/c1-15-19(20(25-30-15)17-4-2-3-5-18(17)23)21(28)24-7-8-26-9-11-27(12-10-26)22(29)16-6-13-31-14-16/h2-6,13-14H,7-12H2,1H3,(H,24,28). The molecular weight excluding hydrogens is 436 g/mol. The number of thiophene rings is 1. The molecule has 1 aliphatic rings. The summed E-state index contributed by atoms with van der Waals surface area (Å²) in [7, 11) is 0. The Balaban J connectivity index is 1.30. The minimum absolute atomic E-state index is 0.0873. The van der Waals surface area contributed by atoms with Crippen molar-refractivity contribution in [2.24, 2.45) is 0 Å². The van der Waals surface area contributed by atoms with E-state index in [-0.39, 0.29) is 11.8 Å². The molecule has 1 N–H and O–H groups in total. The molecule has 162 valence electrons. The highest BCUT2D eigenvalue weighted by Crippen LogP contribution is 2.30. The van der Waals surface area contributed by atoms with Crippen LogP contribution in [0, 0.1) is 6.92 Å². The summed E-state index contributed by atoms with van der Waals surface area (Å²) >= 11 is 7.80. The summed E-state index contributed by atoms with van der Waals surface area (Å²) in [6.45, 7) is 5.84. The van der Waals surface area contributed by atoms with Gasteiger partial charge in [-0.1, -0.05) is 35.0 Å². The Labute approximate surface area is 189 Å². The number of amides is 2. The van der Waals surface area contributed by atoms with Crippen LogP contribution in [0.15, 0.2) is 45.6 Å². The number of piperazine rings is 1. The van der Waals surface area contributed by atoms with Gasteiger partial charge in [0.1, 0.15) is 17.0 Å². The van der Waals surface area contributed by atoms with Crippen molar-refractivity contribution in [1.82, 2.24) is 20.3 Å². The van der Waals surface area contributed by atoms with Crippen LogP contribution in [0.5, 0.6) is 0 Å². The topological polar surface area (TPSA) is 78.7 Å². The summed E-state index contributed by atoms with van der Waals surface area (Å²) in [4.78, 5) is 29.4. The molecule has 3 aromatic rings. The van der Waals surface area contributed by atoms with E-state index in [0.717, 1.165) is 18.7 Å². The van der Waals surface area contributed by atoms with E-state index in [1.165, 1.54) is 11.3 Å². The number of rotatable bonds is 6. The molecule has 31 heavy (non-hydrogen) atoms. The number of carbonyl (C=O) groups is 2. The zero-order valence-corrected chi connectivity index (χ0v) is 18.7. The second kappa shape index (κ2) is 9.64. The quantitative estimate of drug-likeness (QED) is 0.611. The minimum Gasteiger partial charge on any atom is -0.360 e. The highest BCUT2D eigenvalue weighted by atomic mass is 35.5. The second-order valence-corrected chi connectivity index (χ2v) is 8.53. The van der Waals surface area contributed by atoms with Gasteiger partial charge in [0.15, 0.2) is 0 Å². The average molecular weight is 459 g/mol. The minimum atomic E-state index is -0.236. The Morgan fingerprint density at radius 2 is 1.97 bits per heavy atom. The van der Waals surface area contributed by atoms with Crippen LogP contribution in [0.3, 0.4) is 0 Å². The Bertz CT molecular complexity index is 1060. The van der Waals surface area contributed by atoms with Crippen LogP contribution < -0.4 is 5.32 Å². The summed E-state index contributed by atoms with van der Waals surface area (Å²) in [6.07, 6.45) is 0. The number of aromatic nitrogens is 1. The van der Waals surface area contributed by atoms with E-state index in [4.69, 9.17) is 16.1 Å². The van der Waals surface area contributed by atoms with E-state index in [9.17, 15) is 9.59 Å². The van der Waals surface area contributed by atoms with Crippen molar-refractivity contribution in [3.05, 3.63) is 63.0 Å². The third-order valence-corrected chi connectivity index (χ3v) is 6.37. The molecule has 0 aliphatic carbocycles. The summed E-state index contributed by atoms with van der Waals surface area (Å²) in [5.41, 5.74) is 2.27. The Hall–Kier alpha value is -2.68. The lowest BCUT2D eigenvalue weighted by Crippen LogP contribution is -2.50. The lowest BCUT2D eigenvalue weighted by atomic mass is 10.1. The van der Waals surface area contributed by atoms with Crippen molar-refractivity contribution >= 4 is 34.8 Å². The molecule has 3 heterocycles. The van der Waals surface area contributed by atoms with Crippen LogP contribution in [0.1, 0.15) is 26.5 Å². The van der Waals surface area contributed by atoms with Crippen molar-refractivity contribution in [2.75, 3.05) is 39.3 Å². The van der Waals surface area contributed by atoms with Crippen LogP contribution in [0.2, 0.25) is 5.02 Å². The highest BCUT2D eigenvalue weighted by Gasteiger charge is 2.24. The molecule has 1 aliphatic heterocycles. The molecule has 2 amide bonds. The van der Waals surface area contributed by atoms with E-state index in [2.05, 4.69) is 15.4 Å². The molecule has 4 rings (SSSR count). The van der Waals surface area contributed by atoms with Gasteiger partial charge in [0.05, 0.1) is 10.6 Å².